The summed E-state index contributed by atoms with van der Waals surface area (Å²) in [6.07, 6.45) is 2.63. The van der Waals surface area contributed by atoms with Crippen molar-refractivity contribution in [2.24, 2.45) is 11.7 Å². The molecule has 7 heteroatoms. The van der Waals surface area contributed by atoms with E-state index in [0.29, 0.717) is 30.7 Å². The zero-order valence-corrected chi connectivity index (χ0v) is 18.7. The molecule has 1 heterocycles. The summed E-state index contributed by atoms with van der Waals surface area (Å²) in [4.78, 5) is 39.4. The van der Waals surface area contributed by atoms with Gasteiger partial charge in [-0.25, -0.2) is 0 Å². The number of amides is 3. The molecular formula is C25H31N3O4. The summed E-state index contributed by atoms with van der Waals surface area (Å²) >= 11 is 0. The van der Waals surface area contributed by atoms with E-state index in [0.717, 1.165) is 24.0 Å². The van der Waals surface area contributed by atoms with Crippen molar-refractivity contribution in [1.29, 1.82) is 0 Å². The highest BCUT2D eigenvalue weighted by molar-refractivity contribution is 5.93. The summed E-state index contributed by atoms with van der Waals surface area (Å²) in [5, 5.41) is 2.99. The van der Waals surface area contributed by atoms with E-state index < -0.39 is 17.9 Å². The Morgan fingerprint density at radius 1 is 1.19 bits per heavy atom. The molecule has 0 aliphatic carbocycles. The van der Waals surface area contributed by atoms with Crippen LogP contribution in [0.2, 0.25) is 0 Å². The van der Waals surface area contributed by atoms with Gasteiger partial charge < -0.3 is 20.7 Å². The number of ether oxygens (including phenoxy) is 1. The van der Waals surface area contributed by atoms with E-state index in [1.807, 2.05) is 35.2 Å². The van der Waals surface area contributed by atoms with Crippen LogP contribution < -0.4 is 15.8 Å². The van der Waals surface area contributed by atoms with Crippen LogP contribution >= 0.6 is 0 Å². The molecule has 0 spiro atoms. The van der Waals surface area contributed by atoms with Crippen molar-refractivity contribution in [3.63, 3.8) is 0 Å². The Bertz CT molecular complexity index is 975. The van der Waals surface area contributed by atoms with E-state index in [1.165, 1.54) is 0 Å². The summed E-state index contributed by atoms with van der Waals surface area (Å²) in [6.45, 7) is 2.96. The Balaban J connectivity index is 1.86. The highest BCUT2D eigenvalue weighted by atomic mass is 16.5. The molecule has 3 rings (SSSR count). The third-order valence-electron chi connectivity index (χ3n) is 5.93. The van der Waals surface area contributed by atoms with Crippen LogP contribution in [0.25, 0.3) is 0 Å². The lowest BCUT2D eigenvalue weighted by molar-refractivity contribution is -0.143. The van der Waals surface area contributed by atoms with Gasteiger partial charge in [-0.3, -0.25) is 14.4 Å². The zero-order chi connectivity index (χ0) is 23.1. The lowest BCUT2D eigenvalue weighted by Crippen LogP contribution is -2.48. The molecule has 1 saturated heterocycles. The number of carbonyl (C=O) groups excluding carboxylic acids is 3. The topological polar surface area (TPSA) is 102 Å². The summed E-state index contributed by atoms with van der Waals surface area (Å²) in [6, 6.07) is 14.1. The quantitative estimate of drug-likeness (QED) is 0.629. The Labute approximate surface area is 188 Å². The third-order valence-corrected chi connectivity index (χ3v) is 5.93. The van der Waals surface area contributed by atoms with Crippen molar-refractivity contribution in [3.05, 3.63) is 65.2 Å². The third kappa shape index (κ3) is 5.28. The van der Waals surface area contributed by atoms with Crippen LogP contribution in [0, 0.1) is 5.92 Å². The predicted molar refractivity (Wildman–Crippen MR) is 122 cm³/mol. The van der Waals surface area contributed by atoms with Gasteiger partial charge in [-0.05, 0) is 36.6 Å². The maximum absolute atomic E-state index is 13.3. The molecule has 3 amide bonds. The number of hydrogen-bond donors (Lipinski definition) is 2. The number of carbonyl (C=O) groups is 3. The molecule has 2 aromatic carbocycles. The molecule has 0 aromatic heterocycles. The molecule has 0 saturated carbocycles. The molecule has 3 N–H and O–H groups in total. The molecule has 0 bridgehead atoms. The minimum absolute atomic E-state index is 0.0626. The molecular weight excluding hydrogens is 406 g/mol. The van der Waals surface area contributed by atoms with Gasteiger partial charge in [0.15, 0.2) is 0 Å². The minimum atomic E-state index is -0.508. The normalized spacial score (nSPS) is 18.3. The van der Waals surface area contributed by atoms with Gasteiger partial charge in [0.1, 0.15) is 5.75 Å². The Hall–Kier alpha value is -3.35. The van der Waals surface area contributed by atoms with Crippen LogP contribution in [-0.4, -0.2) is 36.3 Å². The van der Waals surface area contributed by atoms with Crippen molar-refractivity contribution in [2.45, 2.75) is 45.2 Å². The van der Waals surface area contributed by atoms with Gasteiger partial charge in [0.2, 0.25) is 17.7 Å². The van der Waals surface area contributed by atoms with E-state index in [9.17, 15) is 14.4 Å². The summed E-state index contributed by atoms with van der Waals surface area (Å²) in [5.74, 6) is -0.306. The second-order valence-corrected chi connectivity index (χ2v) is 8.06. The SMILES string of the molecule is CCCCN1C(=O)CCC(C(=O)NCc2cccc(C(N)=O)c2)C1c1ccccc1OC. The van der Waals surface area contributed by atoms with Gasteiger partial charge in [-0.15, -0.1) is 0 Å². The Kier molecular flexibility index (Phi) is 7.87. The first kappa shape index (κ1) is 23.3. The first-order valence-electron chi connectivity index (χ1n) is 11.0. The number of para-hydroxylation sites is 1. The molecule has 2 atom stereocenters. The molecule has 170 valence electrons. The van der Waals surface area contributed by atoms with E-state index in [1.54, 1.807) is 25.3 Å². The number of likely N-dealkylation sites (tertiary alicyclic amines) is 1. The molecule has 7 nitrogen and oxygen atoms in total. The maximum atomic E-state index is 13.3. The Morgan fingerprint density at radius 2 is 1.97 bits per heavy atom. The summed E-state index contributed by atoms with van der Waals surface area (Å²) < 4.78 is 5.57. The van der Waals surface area contributed by atoms with Crippen LogP contribution in [0.5, 0.6) is 5.75 Å². The summed E-state index contributed by atoms with van der Waals surface area (Å²) in [7, 11) is 1.60. The highest BCUT2D eigenvalue weighted by Gasteiger charge is 2.41. The van der Waals surface area contributed by atoms with Gasteiger partial charge in [0.05, 0.1) is 19.1 Å². The molecule has 1 aliphatic rings. The minimum Gasteiger partial charge on any atom is -0.496 e. The number of primary amides is 1. The van der Waals surface area contributed by atoms with Crippen LogP contribution in [-0.2, 0) is 16.1 Å². The number of benzene rings is 2. The second kappa shape index (κ2) is 10.8. The first-order valence-corrected chi connectivity index (χ1v) is 11.0. The van der Waals surface area contributed by atoms with Gasteiger partial charge >= 0.3 is 0 Å². The number of nitrogens with two attached hydrogens (primary N) is 1. The van der Waals surface area contributed by atoms with E-state index in [2.05, 4.69) is 12.2 Å². The zero-order valence-electron chi connectivity index (χ0n) is 18.7. The number of nitrogens with one attached hydrogen (secondary N) is 1. The van der Waals surface area contributed by atoms with E-state index in [4.69, 9.17) is 10.5 Å². The fourth-order valence-corrected chi connectivity index (χ4v) is 4.27. The average Bonchev–Trinajstić information content (AvgIpc) is 2.81. The summed E-state index contributed by atoms with van der Waals surface area (Å²) in [5.41, 5.74) is 7.39. The first-order chi connectivity index (χ1) is 15.5. The van der Waals surface area contributed by atoms with Crippen molar-refractivity contribution in [1.82, 2.24) is 10.2 Å². The lowest BCUT2D eigenvalue weighted by atomic mass is 9.83. The van der Waals surface area contributed by atoms with Gasteiger partial charge in [-0.2, -0.15) is 0 Å². The predicted octanol–water partition coefficient (Wildman–Crippen LogP) is 3.19. The van der Waals surface area contributed by atoms with Crippen LogP contribution in [0.1, 0.15) is 60.1 Å². The average molecular weight is 438 g/mol. The van der Waals surface area contributed by atoms with Crippen molar-refractivity contribution >= 4 is 17.7 Å². The number of unbranched alkanes of at least 4 members (excludes halogenated alkanes) is 1. The number of hydrogen-bond acceptors (Lipinski definition) is 4. The van der Waals surface area contributed by atoms with Gasteiger partial charge in [0.25, 0.3) is 0 Å². The maximum Gasteiger partial charge on any atom is 0.248 e. The standard InChI is InChI=1S/C25H31N3O4/c1-3-4-14-28-22(29)13-12-20(23(28)19-10-5-6-11-21(19)32-2)25(31)27-16-17-8-7-9-18(15-17)24(26)30/h5-11,15,20,23H,3-4,12-14,16H2,1-2H3,(H2,26,30)(H,27,31). The molecule has 1 fully saturated rings. The number of piperidine rings is 1. The van der Waals surface area contributed by atoms with Gasteiger partial charge in [0, 0.05) is 30.6 Å². The van der Waals surface area contributed by atoms with Crippen molar-refractivity contribution in [3.8, 4) is 5.75 Å². The number of rotatable bonds is 9. The molecule has 2 unspecified atom stereocenters. The second-order valence-electron chi connectivity index (χ2n) is 8.06. The van der Waals surface area contributed by atoms with Crippen LogP contribution in [0.15, 0.2) is 48.5 Å². The number of nitrogens with zero attached hydrogens (tertiary/aromatic N) is 1. The molecule has 1 aliphatic heterocycles. The lowest BCUT2D eigenvalue weighted by Gasteiger charge is -2.41. The van der Waals surface area contributed by atoms with E-state index >= 15 is 0 Å². The van der Waals surface area contributed by atoms with Crippen LogP contribution in [0.4, 0.5) is 0 Å². The van der Waals surface area contributed by atoms with Crippen LogP contribution in [0.3, 0.4) is 0 Å². The fraction of sp³-hybridized carbons (Fsp3) is 0.400. The fourth-order valence-electron chi connectivity index (χ4n) is 4.27. The van der Waals surface area contributed by atoms with Crippen molar-refractivity contribution in [2.75, 3.05) is 13.7 Å². The van der Waals surface area contributed by atoms with Crippen molar-refractivity contribution < 1.29 is 19.1 Å². The largest absolute Gasteiger partial charge is 0.496 e. The highest BCUT2D eigenvalue weighted by Crippen LogP contribution is 2.40. The monoisotopic (exact) mass is 437 g/mol. The Morgan fingerprint density at radius 3 is 2.69 bits per heavy atom. The molecule has 32 heavy (non-hydrogen) atoms. The smallest absolute Gasteiger partial charge is 0.248 e. The number of methoxy groups -OCH3 is 1. The molecule has 2 aromatic rings. The van der Waals surface area contributed by atoms with E-state index in [-0.39, 0.29) is 18.4 Å². The van der Waals surface area contributed by atoms with Gasteiger partial charge in [-0.1, -0.05) is 43.7 Å². The molecule has 0 radical (unpaired) electrons.